The third-order valence-corrected chi connectivity index (χ3v) is 5.47. The molecule has 26 heavy (non-hydrogen) atoms. The number of benzene rings is 1. The molecule has 5 rings (SSSR count). The highest BCUT2D eigenvalue weighted by Crippen LogP contribution is 2.37. The van der Waals surface area contributed by atoms with E-state index in [0.717, 1.165) is 50.3 Å². The highest BCUT2D eigenvalue weighted by Gasteiger charge is 2.34. The first kappa shape index (κ1) is 15.6. The molecule has 132 valence electrons. The lowest BCUT2D eigenvalue weighted by Gasteiger charge is -2.34. The number of likely N-dealkylation sites (tertiary alicyclic amines) is 1. The van der Waals surface area contributed by atoms with Crippen LogP contribution in [0.3, 0.4) is 0 Å². The lowest BCUT2D eigenvalue weighted by atomic mass is 9.91. The van der Waals surface area contributed by atoms with Crippen LogP contribution in [0.4, 0.5) is 0 Å². The van der Waals surface area contributed by atoms with Crippen molar-refractivity contribution in [3.63, 3.8) is 0 Å². The van der Waals surface area contributed by atoms with Gasteiger partial charge in [0.2, 0.25) is 0 Å². The Bertz CT molecular complexity index is 963. The van der Waals surface area contributed by atoms with Crippen molar-refractivity contribution in [3.8, 4) is 5.75 Å². The molecular formula is C21H22N4O. The number of fused-ring (bicyclic) bond motifs is 2. The maximum atomic E-state index is 6.45. The van der Waals surface area contributed by atoms with Gasteiger partial charge >= 0.3 is 0 Å². The molecule has 0 radical (unpaired) electrons. The van der Waals surface area contributed by atoms with Crippen LogP contribution in [-0.2, 0) is 6.54 Å². The summed E-state index contributed by atoms with van der Waals surface area (Å²) in [5, 5.41) is 4.41. The Balaban J connectivity index is 1.32. The maximum Gasteiger partial charge on any atom is 0.159 e. The second kappa shape index (κ2) is 6.25. The molecule has 2 aliphatic rings. The summed E-state index contributed by atoms with van der Waals surface area (Å²) in [6.07, 6.45) is 13.4. The van der Waals surface area contributed by atoms with E-state index in [1.165, 1.54) is 11.1 Å². The molecule has 5 nitrogen and oxygen atoms in total. The van der Waals surface area contributed by atoms with Crippen molar-refractivity contribution in [1.29, 1.82) is 0 Å². The Kier molecular flexibility index (Phi) is 3.75. The average Bonchev–Trinajstić information content (AvgIpc) is 2.99. The smallest absolute Gasteiger partial charge is 0.159 e. The van der Waals surface area contributed by atoms with E-state index in [1.54, 1.807) is 0 Å². The first-order valence-corrected chi connectivity index (χ1v) is 9.28. The molecule has 0 amide bonds. The normalized spacial score (nSPS) is 22.9. The van der Waals surface area contributed by atoms with Gasteiger partial charge < -0.3 is 4.74 Å². The van der Waals surface area contributed by atoms with Crippen molar-refractivity contribution < 1.29 is 4.74 Å². The van der Waals surface area contributed by atoms with Gasteiger partial charge in [-0.3, -0.25) is 4.90 Å². The van der Waals surface area contributed by atoms with Gasteiger partial charge in [0.05, 0.1) is 6.20 Å². The summed E-state index contributed by atoms with van der Waals surface area (Å²) < 4.78 is 8.30. The summed E-state index contributed by atoms with van der Waals surface area (Å²) in [5.74, 6) is 1.01. The van der Waals surface area contributed by atoms with Gasteiger partial charge in [-0.2, -0.15) is 5.10 Å². The number of aromatic nitrogens is 3. The van der Waals surface area contributed by atoms with Crippen LogP contribution in [0.5, 0.6) is 5.75 Å². The highest BCUT2D eigenvalue weighted by atomic mass is 16.5. The largest absolute Gasteiger partial charge is 0.483 e. The van der Waals surface area contributed by atoms with Crippen LogP contribution in [0.25, 0.3) is 11.7 Å². The van der Waals surface area contributed by atoms with Crippen molar-refractivity contribution in [2.45, 2.75) is 31.4 Å². The zero-order chi connectivity index (χ0) is 17.4. The summed E-state index contributed by atoms with van der Waals surface area (Å²) >= 11 is 0. The fraction of sp³-hybridized carbons (Fsp3) is 0.333. The fourth-order valence-electron chi connectivity index (χ4n) is 4.05. The van der Waals surface area contributed by atoms with Crippen LogP contribution in [0.2, 0.25) is 0 Å². The second-order valence-electron chi connectivity index (χ2n) is 7.23. The Labute approximate surface area is 152 Å². The molecule has 2 aromatic heterocycles. The van der Waals surface area contributed by atoms with Crippen LogP contribution in [0.15, 0.2) is 55.0 Å². The van der Waals surface area contributed by atoms with E-state index in [-0.39, 0.29) is 5.60 Å². The molecule has 1 atom stereocenters. The van der Waals surface area contributed by atoms with E-state index in [0.29, 0.717) is 0 Å². The molecule has 0 saturated carbocycles. The van der Waals surface area contributed by atoms with E-state index in [1.807, 2.05) is 35.2 Å². The Morgan fingerprint density at radius 1 is 1.12 bits per heavy atom. The molecule has 0 unspecified atom stereocenters. The van der Waals surface area contributed by atoms with E-state index in [2.05, 4.69) is 45.3 Å². The second-order valence-corrected chi connectivity index (χ2v) is 7.23. The minimum atomic E-state index is -0.164. The number of nitrogens with zero attached hydrogens (tertiary/aromatic N) is 4. The molecule has 0 N–H and O–H groups in total. The quantitative estimate of drug-likeness (QED) is 0.712. The molecule has 1 aromatic carbocycles. The molecule has 0 bridgehead atoms. The number of hydrogen-bond acceptors (Lipinski definition) is 4. The van der Waals surface area contributed by atoms with E-state index < -0.39 is 0 Å². The lowest BCUT2D eigenvalue weighted by molar-refractivity contribution is 0.0991. The molecule has 1 fully saturated rings. The van der Waals surface area contributed by atoms with Crippen molar-refractivity contribution in [1.82, 2.24) is 19.5 Å². The van der Waals surface area contributed by atoms with E-state index in [4.69, 9.17) is 4.74 Å². The Hall–Kier alpha value is -2.66. The maximum absolute atomic E-state index is 6.45. The van der Waals surface area contributed by atoms with Crippen molar-refractivity contribution in [2.24, 2.45) is 0 Å². The van der Waals surface area contributed by atoms with Gasteiger partial charge in [0, 0.05) is 43.0 Å². The highest BCUT2D eigenvalue weighted by molar-refractivity contribution is 5.60. The number of rotatable bonds is 2. The lowest BCUT2D eigenvalue weighted by Crippen LogP contribution is -2.36. The first-order valence-electron chi connectivity index (χ1n) is 9.28. The summed E-state index contributed by atoms with van der Waals surface area (Å²) in [7, 11) is 0. The molecule has 4 heterocycles. The van der Waals surface area contributed by atoms with Gasteiger partial charge in [0.25, 0.3) is 0 Å². The summed E-state index contributed by atoms with van der Waals surface area (Å²) in [6.45, 7) is 2.97. The van der Waals surface area contributed by atoms with E-state index >= 15 is 0 Å². The SMILES string of the molecule is C1=C[C@]2(CCCN(Cc3cnn4cccnc34)CC2)Oc2ccccc21. The van der Waals surface area contributed by atoms with Crippen LogP contribution in [0, 0.1) is 0 Å². The summed E-state index contributed by atoms with van der Waals surface area (Å²) in [6, 6.07) is 10.2. The predicted molar refractivity (Wildman–Crippen MR) is 101 cm³/mol. The molecule has 1 spiro atoms. The number of hydrogen-bond donors (Lipinski definition) is 0. The zero-order valence-electron chi connectivity index (χ0n) is 14.7. The first-order chi connectivity index (χ1) is 12.8. The van der Waals surface area contributed by atoms with Gasteiger partial charge in [0.15, 0.2) is 5.65 Å². The zero-order valence-corrected chi connectivity index (χ0v) is 14.7. The molecule has 1 saturated heterocycles. The summed E-state index contributed by atoms with van der Waals surface area (Å²) in [4.78, 5) is 6.97. The van der Waals surface area contributed by atoms with Gasteiger partial charge in [-0.15, -0.1) is 0 Å². The van der Waals surface area contributed by atoms with Crippen LogP contribution in [-0.4, -0.2) is 38.2 Å². The molecule has 5 heteroatoms. The number of para-hydroxylation sites is 1. The fourth-order valence-corrected chi connectivity index (χ4v) is 4.05. The third-order valence-electron chi connectivity index (χ3n) is 5.47. The van der Waals surface area contributed by atoms with Crippen LogP contribution in [0.1, 0.15) is 30.4 Å². The number of ether oxygens (including phenoxy) is 1. The average molecular weight is 346 g/mol. The van der Waals surface area contributed by atoms with Gasteiger partial charge in [-0.05, 0) is 37.6 Å². The molecule has 2 aliphatic heterocycles. The van der Waals surface area contributed by atoms with Crippen LogP contribution >= 0.6 is 0 Å². The van der Waals surface area contributed by atoms with Crippen LogP contribution < -0.4 is 4.74 Å². The Morgan fingerprint density at radius 2 is 2.08 bits per heavy atom. The van der Waals surface area contributed by atoms with Crippen molar-refractivity contribution >= 4 is 11.7 Å². The molecule has 3 aromatic rings. The molecule has 0 aliphatic carbocycles. The standard InChI is InChI=1S/C21H22N4O/c1-2-6-19-17(5-1)7-9-21(26-19)8-3-12-24(14-10-21)16-18-15-23-25-13-4-11-22-20(18)25/h1-2,4-7,9,11,13,15H,3,8,10,12,14,16H2/t21-/m0/s1. The predicted octanol–water partition coefficient (Wildman–Crippen LogP) is 3.56. The van der Waals surface area contributed by atoms with Gasteiger partial charge in [0.1, 0.15) is 11.4 Å². The third kappa shape index (κ3) is 2.78. The van der Waals surface area contributed by atoms with Gasteiger partial charge in [-0.25, -0.2) is 9.50 Å². The van der Waals surface area contributed by atoms with Crippen molar-refractivity contribution in [3.05, 3.63) is 66.1 Å². The Morgan fingerprint density at radius 3 is 3.08 bits per heavy atom. The molecular weight excluding hydrogens is 324 g/mol. The topological polar surface area (TPSA) is 42.7 Å². The van der Waals surface area contributed by atoms with E-state index in [9.17, 15) is 0 Å². The monoisotopic (exact) mass is 346 g/mol. The summed E-state index contributed by atoms with van der Waals surface area (Å²) in [5.41, 5.74) is 3.15. The van der Waals surface area contributed by atoms with Crippen molar-refractivity contribution in [2.75, 3.05) is 13.1 Å². The minimum Gasteiger partial charge on any atom is -0.483 e. The van der Waals surface area contributed by atoms with Gasteiger partial charge in [-0.1, -0.05) is 24.3 Å². The minimum absolute atomic E-state index is 0.164.